The third-order valence-corrected chi connectivity index (χ3v) is 4.45. The van der Waals surface area contributed by atoms with Gasteiger partial charge in [0.2, 0.25) is 0 Å². The largest absolute Gasteiger partial charge is 0.306 e. The van der Waals surface area contributed by atoms with Crippen LogP contribution in [0, 0.1) is 13.8 Å². The maximum atomic E-state index is 4.54. The first kappa shape index (κ1) is 13.2. The lowest BCUT2D eigenvalue weighted by Gasteiger charge is -2.06. The molecule has 2 heterocycles. The van der Waals surface area contributed by atoms with E-state index in [1.807, 2.05) is 12.3 Å². The predicted molar refractivity (Wildman–Crippen MR) is 83.9 cm³/mol. The Morgan fingerprint density at radius 3 is 2.75 bits per heavy atom. The van der Waals surface area contributed by atoms with Crippen LogP contribution in [-0.2, 0) is 13.1 Å². The van der Waals surface area contributed by atoms with E-state index in [-0.39, 0.29) is 0 Å². The van der Waals surface area contributed by atoms with Crippen LogP contribution in [0.2, 0.25) is 0 Å². The number of para-hydroxylation sites is 1. The molecule has 3 aromatic rings. The Labute approximate surface area is 122 Å². The lowest BCUT2D eigenvalue weighted by molar-refractivity contribution is 0.691. The fraction of sp³-hybridized carbons (Fsp3) is 0.250. The number of rotatable bonds is 4. The molecule has 0 radical (unpaired) electrons. The monoisotopic (exact) mass is 283 g/mol. The molecule has 0 saturated carbocycles. The third-order valence-electron chi connectivity index (χ3n) is 3.38. The molecule has 0 fully saturated rings. The minimum Gasteiger partial charge on any atom is -0.306 e. The van der Waals surface area contributed by atoms with Crippen LogP contribution in [0.15, 0.2) is 36.5 Å². The highest BCUT2D eigenvalue weighted by Gasteiger charge is 2.04. The standard InChI is InChI=1S/C16H17N3S/c1-11-12(2)20-15(19-11)10-17-9-14-6-3-5-13-7-4-8-18-16(13)14/h3-8,17H,9-10H2,1-2H3. The molecule has 0 aliphatic heterocycles. The molecular weight excluding hydrogens is 266 g/mol. The van der Waals surface area contributed by atoms with Gasteiger partial charge in [-0.25, -0.2) is 4.98 Å². The molecule has 4 heteroatoms. The van der Waals surface area contributed by atoms with Crippen LogP contribution in [-0.4, -0.2) is 9.97 Å². The number of hydrogen-bond acceptors (Lipinski definition) is 4. The number of thiazole rings is 1. The number of nitrogens with one attached hydrogen (secondary N) is 1. The molecule has 1 aromatic carbocycles. The van der Waals surface area contributed by atoms with Crippen LogP contribution in [0.1, 0.15) is 21.1 Å². The predicted octanol–water partition coefficient (Wildman–Crippen LogP) is 3.60. The Morgan fingerprint density at radius 1 is 1.10 bits per heavy atom. The highest BCUT2D eigenvalue weighted by Crippen LogP contribution is 2.18. The summed E-state index contributed by atoms with van der Waals surface area (Å²) in [5.74, 6) is 0. The van der Waals surface area contributed by atoms with Gasteiger partial charge in [0.1, 0.15) is 5.01 Å². The Hall–Kier alpha value is -1.78. The molecule has 0 unspecified atom stereocenters. The number of pyridine rings is 1. The maximum absolute atomic E-state index is 4.54. The van der Waals surface area contributed by atoms with Crippen molar-refractivity contribution in [3.63, 3.8) is 0 Å². The summed E-state index contributed by atoms with van der Waals surface area (Å²) in [5, 5.41) is 5.79. The first-order chi connectivity index (χ1) is 9.74. The summed E-state index contributed by atoms with van der Waals surface area (Å²) in [6.45, 7) is 5.80. The second-order valence-corrected chi connectivity index (χ2v) is 6.13. The van der Waals surface area contributed by atoms with Gasteiger partial charge < -0.3 is 5.32 Å². The van der Waals surface area contributed by atoms with Gasteiger partial charge in [-0.3, -0.25) is 4.98 Å². The van der Waals surface area contributed by atoms with Crippen LogP contribution in [0.3, 0.4) is 0 Å². The second-order valence-electron chi connectivity index (χ2n) is 4.85. The van der Waals surface area contributed by atoms with E-state index in [9.17, 15) is 0 Å². The topological polar surface area (TPSA) is 37.8 Å². The van der Waals surface area contributed by atoms with Gasteiger partial charge in [-0.2, -0.15) is 0 Å². The zero-order valence-electron chi connectivity index (χ0n) is 11.7. The van der Waals surface area contributed by atoms with Gasteiger partial charge >= 0.3 is 0 Å². The molecule has 3 nitrogen and oxygen atoms in total. The first-order valence-electron chi connectivity index (χ1n) is 6.70. The fourth-order valence-corrected chi connectivity index (χ4v) is 3.13. The Bertz CT molecular complexity index is 709. The lowest BCUT2D eigenvalue weighted by Crippen LogP contribution is -2.13. The van der Waals surface area contributed by atoms with E-state index in [0.29, 0.717) is 0 Å². The molecule has 3 rings (SSSR count). The summed E-state index contributed by atoms with van der Waals surface area (Å²) in [6.07, 6.45) is 1.85. The van der Waals surface area contributed by atoms with Gasteiger partial charge in [0, 0.05) is 29.5 Å². The van der Waals surface area contributed by atoms with Crippen molar-refractivity contribution in [3.8, 4) is 0 Å². The lowest BCUT2D eigenvalue weighted by atomic mass is 10.1. The smallest absolute Gasteiger partial charge is 0.107 e. The zero-order valence-corrected chi connectivity index (χ0v) is 12.5. The van der Waals surface area contributed by atoms with Gasteiger partial charge in [-0.1, -0.05) is 24.3 Å². The Balaban J connectivity index is 1.71. The summed E-state index contributed by atoms with van der Waals surface area (Å²) < 4.78 is 0. The number of nitrogens with zero attached hydrogens (tertiary/aromatic N) is 2. The van der Waals surface area contributed by atoms with Crippen molar-refractivity contribution in [2.24, 2.45) is 0 Å². The van der Waals surface area contributed by atoms with Crippen molar-refractivity contribution in [1.29, 1.82) is 0 Å². The van der Waals surface area contributed by atoms with Crippen molar-refractivity contribution >= 4 is 22.2 Å². The van der Waals surface area contributed by atoms with Gasteiger partial charge in [0.25, 0.3) is 0 Å². The summed E-state index contributed by atoms with van der Waals surface area (Å²) in [6, 6.07) is 10.4. The zero-order chi connectivity index (χ0) is 13.9. The maximum Gasteiger partial charge on any atom is 0.107 e. The number of aromatic nitrogens is 2. The molecule has 0 aliphatic carbocycles. The Kier molecular flexibility index (Phi) is 3.76. The number of benzene rings is 1. The number of hydrogen-bond donors (Lipinski definition) is 1. The van der Waals surface area contributed by atoms with E-state index in [4.69, 9.17) is 0 Å². The molecule has 20 heavy (non-hydrogen) atoms. The van der Waals surface area contributed by atoms with E-state index >= 15 is 0 Å². The molecule has 0 saturated heterocycles. The van der Waals surface area contributed by atoms with Crippen LogP contribution in [0.5, 0.6) is 0 Å². The molecule has 102 valence electrons. The molecule has 1 N–H and O–H groups in total. The third kappa shape index (κ3) is 2.71. The van der Waals surface area contributed by atoms with E-state index in [1.54, 1.807) is 11.3 Å². The van der Waals surface area contributed by atoms with Gasteiger partial charge in [-0.15, -0.1) is 11.3 Å². The fourth-order valence-electron chi connectivity index (χ4n) is 2.23. The molecule has 0 atom stereocenters. The molecule has 0 spiro atoms. The van der Waals surface area contributed by atoms with Crippen LogP contribution < -0.4 is 5.32 Å². The molecule has 0 bridgehead atoms. The van der Waals surface area contributed by atoms with Crippen molar-refractivity contribution < 1.29 is 0 Å². The minimum atomic E-state index is 0.808. The van der Waals surface area contributed by atoms with E-state index in [1.165, 1.54) is 15.8 Å². The SMILES string of the molecule is Cc1nc(CNCc2cccc3cccnc23)sc1C. The summed E-state index contributed by atoms with van der Waals surface area (Å²) in [5.41, 5.74) is 3.45. The molecule has 0 amide bonds. The van der Waals surface area contributed by atoms with E-state index in [2.05, 4.69) is 53.4 Å². The van der Waals surface area contributed by atoms with Crippen molar-refractivity contribution in [2.75, 3.05) is 0 Å². The Morgan fingerprint density at radius 2 is 1.95 bits per heavy atom. The minimum absolute atomic E-state index is 0.808. The average Bonchev–Trinajstić information content (AvgIpc) is 2.78. The molecule has 0 aliphatic rings. The normalized spacial score (nSPS) is 11.1. The summed E-state index contributed by atoms with van der Waals surface area (Å²) in [7, 11) is 0. The summed E-state index contributed by atoms with van der Waals surface area (Å²) >= 11 is 1.76. The van der Waals surface area contributed by atoms with Gasteiger partial charge in [0.15, 0.2) is 0 Å². The van der Waals surface area contributed by atoms with Gasteiger partial charge in [0.05, 0.1) is 11.2 Å². The molecular formula is C16H17N3S. The number of fused-ring (bicyclic) bond motifs is 1. The van der Waals surface area contributed by atoms with Gasteiger partial charge in [-0.05, 0) is 25.5 Å². The number of aryl methyl sites for hydroxylation is 2. The first-order valence-corrected chi connectivity index (χ1v) is 7.52. The average molecular weight is 283 g/mol. The van der Waals surface area contributed by atoms with Crippen LogP contribution in [0.25, 0.3) is 10.9 Å². The highest BCUT2D eigenvalue weighted by atomic mass is 32.1. The highest BCUT2D eigenvalue weighted by molar-refractivity contribution is 7.11. The summed E-state index contributed by atoms with van der Waals surface area (Å²) in [4.78, 5) is 10.3. The quantitative estimate of drug-likeness (QED) is 0.795. The van der Waals surface area contributed by atoms with E-state index in [0.717, 1.165) is 29.3 Å². The van der Waals surface area contributed by atoms with Crippen molar-refractivity contribution in [3.05, 3.63) is 57.7 Å². The second kappa shape index (κ2) is 5.69. The molecule has 2 aromatic heterocycles. The van der Waals surface area contributed by atoms with E-state index < -0.39 is 0 Å². The van der Waals surface area contributed by atoms with Crippen LogP contribution in [0.4, 0.5) is 0 Å². The van der Waals surface area contributed by atoms with Crippen molar-refractivity contribution in [1.82, 2.24) is 15.3 Å². The van der Waals surface area contributed by atoms with Crippen LogP contribution >= 0.6 is 11.3 Å². The van der Waals surface area contributed by atoms with Crippen molar-refractivity contribution in [2.45, 2.75) is 26.9 Å².